The summed E-state index contributed by atoms with van der Waals surface area (Å²) in [5, 5.41) is 0. The van der Waals surface area contributed by atoms with Crippen molar-refractivity contribution in [2.75, 3.05) is 6.61 Å². The van der Waals surface area contributed by atoms with Crippen LogP contribution >= 0.6 is 0 Å². The Kier molecular flexibility index (Phi) is 5.52. The van der Waals surface area contributed by atoms with Crippen LogP contribution in [-0.2, 0) is 23.9 Å². The molecule has 0 aromatic carbocycles. The average molecular weight is 258 g/mol. The smallest absolute Gasteiger partial charge is 0.311 e. The normalized spacial score (nSPS) is 11.9. The van der Waals surface area contributed by atoms with Crippen molar-refractivity contribution in [1.82, 2.24) is 0 Å². The van der Waals surface area contributed by atoms with E-state index >= 15 is 0 Å². The van der Waals surface area contributed by atoms with Gasteiger partial charge >= 0.3 is 11.9 Å². The number of carbonyl (C=O) groups is 3. The Labute approximate surface area is 108 Å². The highest BCUT2D eigenvalue weighted by molar-refractivity contribution is 5.92. The van der Waals surface area contributed by atoms with Crippen molar-refractivity contribution >= 4 is 17.7 Å². The van der Waals surface area contributed by atoms with Gasteiger partial charge in [-0.05, 0) is 34.6 Å². The second kappa shape index (κ2) is 5.98. The zero-order valence-corrected chi connectivity index (χ0v) is 12.0. The minimum absolute atomic E-state index is 0.0356. The van der Waals surface area contributed by atoms with Crippen molar-refractivity contribution in [2.45, 2.75) is 53.6 Å². The number of hydrogen-bond donors (Lipinski definition) is 0. The van der Waals surface area contributed by atoms with Gasteiger partial charge in [-0.2, -0.15) is 0 Å². The van der Waals surface area contributed by atoms with Gasteiger partial charge in [-0.25, -0.2) is 0 Å². The summed E-state index contributed by atoms with van der Waals surface area (Å²) in [6, 6.07) is 0. The molecule has 0 N–H and O–H groups in total. The molecule has 0 aromatic heterocycles. The van der Waals surface area contributed by atoms with Crippen LogP contribution in [0.3, 0.4) is 0 Å². The Morgan fingerprint density at radius 1 is 1.06 bits per heavy atom. The highest BCUT2D eigenvalue weighted by Crippen LogP contribution is 2.27. The molecule has 0 aliphatic carbocycles. The number of rotatable bonds is 6. The minimum atomic E-state index is -1.23. The van der Waals surface area contributed by atoms with E-state index in [1.54, 1.807) is 20.8 Å². The molecular formula is C13H22O5. The first-order valence-electron chi connectivity index (χ1n) is 5.93. The number of Topliss-reactive ketones (excluding diaryl/α,β-unsaturated/α-hetero) is 1. The fourth-order valence-corrected chi connectivity index (χ4v) is 1.43. The largest absolute Gasteiger partial charge is 0.466 e. The van der Waals surface area contributed by atoms with Gasteiger partial charge in [0.25, 0.3) is 0 Å². The summed E-state index contributed by atoms with van der Waals surface area (Å²) in [6.07, 6.45) is -0.0356. The third-order valence-electron chi connectivity index (χ3n) is 2.50. The molecule has 0 amide bonds. The molecule has 0 radical (unpaired) electrons. The fourth-order valence-electron chi connectivity index (χ4n) is 1.43. The summed E-state index contributed by atoms with van der Waals surface area (Å²) >= 11 is 0. The lowest BCUT2D eigenvalue weighted by molar-refractivity contribution is -0.165. The molecule has 0 bridgehead atoms. The quantitative estimate of drug-likeness (QED) is 0.680. The molecule has 0 aliphatic heterocycles. The van der Waals surface area contributed by atoms with Gasteiger partial charge in [-0.1, -0.05) is 0 Å². The summed E-state index contributed by atoms with van der Waals surface area (Å²) in [7, 11) is 0. The van der Waals surface area contributed by atoms with E-state index in [2.05, 4.69) is 0 Å². The Balaban J connectivity index is 4.73. The molecule has 104 valence electrons. The van der Waals surface area contributed by atoms with Gasteiger partial charge in [0.05, 0.1) is 12.0 Å². The van der Waals surface area contributed by atoms with Crippen molar-refractivity contribution in [3.8, 4) is 0 Å². The number of ketones is 1. The number of carbonyl (C=O) groups excluding carboxylic acids is 3. The predicted molar refractivity (Wildman–Crippen MR) is 65.9 cm³/mol. The van der Waals surface area contributed by atoms with Crippen molar-refractivity contribution < 1.29 is 23.9 Å². The third-order valence-corrected chi connectivity index (χ3v) is 2.50. The van der Waals surface area contributed by atoms with E-state index in [1.807, 2.05) is 0 Å². The van der Waals surface area contributed by atoms with Crippen LogP contribution in [0, 0.1) is 5.41 Å². The number of hydrogen-bond acceptors (Lipinski definition) is 5. The van der Waals surface area contributed by atoms with Crippen LogP contribution in [0.25, 0.3) is 0 Å². The topological polar surface area (TPSA) is 69.7 Å². The first kappa shape index (κ1) is 16.6. The molecule has 0 atom stereocenters. The highest BCUT2D eigenvalue weighted by atomic mass is 16.6. The SMILES string of the molecule is CCOC(=O)C(C)(C)CC(=O)C(C)(C)OC(C)=O. The van der Waals surface area contributed by atoms with Crippen molar-refractivity contribution in [2.24, 2.45) is 5.41 Å². The molecule has 0 saturated heterocycles. The van der Waals surface area contributed by atoms with Crippen LogP contribution in [0.2, 0.25) is 0 Å². The van der Waals surface area contributed by atoms with Crippen LogP contribution in [0.4, 0.5) is 0 Å². The maximum atomic E-state index is 12.0. The monoisotopic (exact) mass is 258 g/mol. The van der Waals surface area contributed by atoms with Gasteiger partial charge in [-0.3, -0.25) is 14.4 Å². The molecule has 0 fully saturated rings. The second-order valence-electron chi connectivity index (χ2n) is 5.31. The second-order valence-corrected chi connectivity index (χ2v) is 5.31. The van der Waals surface area contributed by atoms with E-state index < -0.39 is 23.0 Å². The lowest BCUT2D eigenvalue weighted by atomic mass is 9.83. The van der Waals surface area contributed by atoms with E-state index in [0.717, 1.165) is 0 Å². The van der Waals surface area contributed by atoms with Crippen LogP contribution in [0.5, 0.6) is 0 Å². The van der Waals surface area contributed by atoms with Gasteiger partial charge in [-0.15, -0.1) is 0 Å². The van der Waals surface area contributed by atoms with Gasteiger partial charge < -0.3 is 9.47 Å². The minimum Gasteiger partial charge on any atom is -0.466 e. The molecular weight excluding hydrogens is 236 g/mol. The Hall–Kier alpha value is -1.39. The maximum absolute atomic E-state index is 12.0. The van der Waals surface area contributed by atoms with Gasteiger partial charge in [0.2, 0.25) is 0 Å². The molecule has 5 nitrogen and oxygen atoms in total. The van der Waals surface area contributed by atoms with Gasteiger partial charge in [0.15, 0.2) is 11.4 Å². The molecule has 0 spiro atoms. The maximum Gasteiger partial charge on any atom is 0.311 e. The van der Waals surface area contributed by atoms with Gasteiger partial charge in [0.1, 0.15) is 0 Å². The highest BCUT2D eigenvalue weighted by Gasteiger charge is 2.39. The van der Waals surface area contributed by atoms with Gasteiger partial charge in [0, 0.05) is 13.3 Å². The zero-order chi connectivity index (χ0) is 14.6. The van der Waals surface area contributed by atoms with E-state index in [0.29, 0.717) is 0 Å². The Morgan fingerprint density at radius 3 is 1.94 bits per heavy atom. The van der Waals surface area contributed by atoms with E-state index in [9.17, 15) is 14.4 Å². The molecule has 0 aromatic rings. The summed E-state index contributed by atoms with van der Waals surface area (Å²) in [4.78, 5) is 34.6. The predicted octanol–water partition coefficient (Wildman–Crippen LogP) is 1.88. The zero-order valence-electron chi connectivity index (χ0n) is 12.0. The first-order valence-corrected chi connectivity index (χ1v) is 5.93. The summed E-state index contributed by atoms with van der Waals surface area (Å²) in [6.45, 7) is 9.50. The van der Waals surface area contributed by atoms with Crippen LogP contribution in [0.15, 0.2) is 0 Å². The standard InChI is InChI=1S/C13H22O5/c1-7-17-11(16)12(3,4)8-10(15)13(5,6)18-9(2)14/h7-8H2,1-6H3. The van der Waals surface area contributed by atoms with Crippen LogP contribution in [-0.4, -0.2) is 29.9 Å². The van der Waals surface area contributed by atoms with E-state index in [4.69, 9.17) is 9.47 Å². The van der Waals surface area contributed by atoms with Crippen LogP contribution in [0.1, 0.15) is 48.0 Å². The number of esters is 2. The fraction of sp³-hybridized carbons (Fsp3) is 0.769. The van der Waals surface area contributed by atoms with E-state index in [1.165, 1.54) is 20.8 Å². The first-order chi connectivity index (χ1) is 8.03. The molecule has 0 heterocycles. The van der Waals surface area contributed by atoms with Crippen molar-refractivity contribution in [1.29, 1.82) is 0 Å². The van der Waals surface area contributed by atoms with E-state index in [-0.39, 0.29) is 18.8 Å². The Bertz CT molecular complexity index is 341. The molecule has 0 rings (SSSR count). The van der Waals surface area contributed by atoms with Crippen molar-refractivity contribution in [3.63, 3.8) is 0 Å². The summed E-state index contributed by atoms with van der Waals surface area (Å²) in [5.74, 6) is -1.27. The lowest BCUT2D eigenvalue weighted by Crippen LogP contribution is -2.41. The Morgan fingerprint density at radius 2 is 1.56 bits per heavy atom. The molecule has 5 heteroatoms. The molecule has 0 unspecified atom stereocenters. The van der Waals surface area contributed by atoms with Crippen LogP contribution < -0.4 is 0 Å². The third kappa shape index (κ3) is 4.85. The summed E-state index contributed by atoms with van der Waals surface area (Å²) < 4.78 is 9.85. The lowest BCUT2D eigenvalue weighted by Gasteiger charge is -2.28. The molecule has 0 aliphatic rings. The summed E-state index contributed by atoms with van der Waals surface area (Å²) in [5.41, 5.74) is -2.15. The molecule has 18 heavy (non-hydrogen) atoms. The van der Waals surface area contributed by atoms with Crippen molar-refractivity contribution in [3.05, 3.63) is 0 Å². The average Bonchev–Trinajstić information content (AvgIpc) is 2.15. The molecule has 0 saturated carbocycles. The number of ether oxygens (including phenoxy) is 2.